The summed E-state index contributed by atoms with van der Waals surface area (Å²) in [4.78, 5) is 9.03. The Kier molecular flexibility index (Phi) is 9.02. The Morgan fingerprint density at radius 1 is 1.23 bits per heavy atom. The fourth-order valence-corrected chi connectivity index (χ4v) is 5.05. The molecule has 0 spiro atoms. The van der Waals surface area contributed by atoms with Gasteiger partial charge < -0.3 is 20.1 Å². The predicted molar refractivity (Wildman–Crippen MR) is 133 cm³/mol. The second-order valence-corrected chi connectivity index (χ2v) is 9.79. The second-order valence-electron chi connectivity index (χ2n) is 9.79. The summed E-state index contributed by atoms with van der Waals surface area (Å²) in [6.07, 6.45) is 8.14. The topological polar surface area (TPSA) is 92.1 Å². The van der Waals surface area contributed by atoms with Gasteiger partial charge in [0, 0.05) is 50.7 Å². The van der Waals surface area contributed by atoms with Crippen LogP contribution < -0.4 is 10.6 Å². The van der Waals surface area contributed by atoms with Crippen LogP contribution in [0.3, 0.4) is 0 Å². The fraction of sp³-hybridized carbons (Fsp3) is 0.593. The van der Waals surface area contributed by atoms with Gasteiger partial charge in [0.05, 0.1) is 30.0 Å². The molecule has 7 nitrogen and oxygen atoms in total. The molecule has 0 radical (unpaired) electrons. The maximum absolute atomic E-state index is 14.8. The molecule has 8 heteroatoms. The molecular formula is C27H36FN5O2. The first-order valence-electron chi connectivity index (χ1n) is 12.7. The summed E-state index contributed by atoms with van der Waals surface area (Å²) >= 11 is 0. The number of halogens is 1. The number of hydrogen-bond acceptors (Lipinski definition) is 7. The van der Waals surface area contributed by atoms with Crippen molar-refractivity contribution in [3.8, 4) is 17.3 Å². The van der Waals surface area contributed by atoms with Crippen molar-refractivity contribution in [2.24, 2.45) is 11.3 Å². The Balaban J connectivity index is 1.38. The molecule has 1 saturated heterocycles. The zero-order valence-corrected chi connectivity index (χ0v) is 20.6. The standard InChI is InChI=1S/C27H36FN5O2/c1-34-14-11-30-21-7-5-20(6-8-21)15-22-16-23(24(28)17-31-22)25-3-2-4-26(33-25)32-19-27(18-29)9-12-35-13-10-27/h2-4,16-17,20-21,30H,5-15,19H2,1H3,(H,32,33). The van der Waals surface area contributed by atoms with E-state index in [1.165, 1.54) is 6.20 Å². The summed E-state index contributed by atoms with van der Waals surface area (Å²) in [7, 11) is 1.72. The van der Waals surface area contributed by atoms with Crippen LogP contribution >= 0.6 is 0 Å². The zero-order chi connectivity index (χ0) is 24.5. The fourth-order valence-electron chi connectivity index (χ4n) is 5.05. The van der Waals surface area contributed by atoms with Crippen LogP contribution in [0.15, 0.2) is 30.5 Å². The first-order chi connectivity index (χ1) is 17.1. The Morgan fingerprint density at radius 3 is 2.77 bits per heavy atom. The average molecular weight is 482 g/mol. The van der Waals surface area contributed by atoms with Crippen molar-refractivity contribution in [3.05, 3.63) is 42.0 Å². The maximum Gasteiger partial charge on any atom is 0.150 e. The lowest BCUT2D eigenvalue weighted by molar-refractivity contribution is 0.0455. The van der Waals surface area contributed by atoms with Crippen LogP contribution in [0.5, 0.6) is 0 Å². The Labute approximate surface area is 207 Å². The largest absolute Gasteiger partial charge is 0.383 e. The van der Waals surface area contributed by atoms with Gasteiger partial charge in [0.2, 0.25) is 0 Å². The summed E-state index contributed by atoms with van der Waals surface area (Å²) in [5, 5.41) is 16.5. The number of rotatable bonds is 10. The van der Waals surface area contributed by atoms with Crippen LogP contribution in [0.25, 0.3) is 11.3 Å². The molecule has 2 fully saturated rings. The predicted octanol–water partition coefficient (Wildman–Crippen LogP) is 4.35. The van der Waals surface area contributed by atoms with Gasteiger partial charge in [-0.25, -0.2) is 9.37 Å². The highest BCUT2D eigenvalue weighted by Crippen LogP contribution is 2.31. The Hall–Kier alpha value is -2.60. The van der Waals surface area contributed by atoms with Crippen molar-refractivity contribution in [1.82, 2.24) is 15.3 Å². The monoisotopic (exact) mass is 481 g/mol. The highest BCUT2D eigenvalue weighted by atomic mass is 19.1. The number of ether oxygens (including phenoxy) is 2. The molecule has 188 valence electrons. The number of anilines is 1. The maximum atomic E-state index is 14.8. The molecule has 2 aromatic rings. The smallest absolute Gasteiger partial charge is 0.150 e. The molecule has 35 heavy (non-hydrogen) atoms. The van der Waals surface area contributed by atoms with Gasteiger partial charge in [-0.2, -0.15) is 5.26 Å². The summed E-state index contributed by atoms with van der Waals surface area (Å²) in [5.74, 6) is 0.826. The molecule has 0 atom stereocenters. The third kappa shape index (κ3) is 6.97. The second kappa shape index (κ2) is 12.4. The van der Waals surface area contributed by atoms with Crippen LogP contribution in [-0.2, 0) is 15.9 Å². The van der Waals surface area contributed by atoms with Crippen molar-refractivity contribution in [1.29, 1.82) is 5.26 Å². The molecular weight excluding hydrogens is 445 g/mol. The minimum absolute atomic E-state index is 0.373. The Morgan fingerprint density at radius 2 is 2.03 bits per heavy atom. The molecule has 0 amide bonds. The van der Waals surface area contributed by atoms with Crippen molar-refractivity contribution in [2.75, 3.05) is 45.3 Å². The molecule has 1 saturated carbocycles. The van der Waals surface area contributed by atoms with E-state index in [2.05, 4.69) is 26.7 Å². The van der Waals surface area contributed by atoms with Crippen LogP contribution in [0.4, 0.5) is 10.2 Å². The van der Waals surface area contributed by atoms with Crippen molar-refractivity contribution < 1.29 is 13.9 Å². The van der Waals surface area contributed by atoms with Crippen LogP contribution in [0.1, 0.15) is 44.2 Å². The number of aromatic nitrogens is 2. The minimum Gasteiger partial charge on any atom is -0.383 e. The highest BCUT2D eigenvalue weighted by Gasteiger charge is 2.32. The summed E-state index contributed by atoms with van der Waals surface area (Å²) < 4.78 is 25.3. The number of hydrogen-bond donors (Lipinski definition) is 2. The SMILES string of the molecule is COCCNC1CCC(Cc2cc(-c3cccc(NCC4(C#N)CCOCC4)n3)c(F)cn2)CC1. The lowest BCUT2D eigenvalue weighted by Gasteiger charge is -2.30. The summed E-state index contributed by atoms with van der Waals surface area (Å²) in [6.45, 7) is 3.32. The third-order valence-corrected chi connectivity index (χ3v) is 7.32. The Bertz CT molecular complexity index is 997. The molecule has 1 aliphatic carbocycles. The first kappa shape index (κ1) is 25.5. The minimum atomic E-state index is -0.455. The van der Waals surface area contributed by atoms with E-state index in [-0.39, 0.29) is 5.82 Å². The molecule has 0 unspecified atom stereocenters. The average Bonchev–Trinajstić information content (AvgIpc) is 2.90. The number of nitrogens with zero attached hydrogens (tertiary/aromatic N) is 3. The summed E-state index contributed by atoms with van der Waals surface area (Å²) in [6, 6.07) is 10.4. The van der Waals surface area contributed by atoms with Crippen molar-refractivity contribution >= 4 is 5.82 Å². The zero-order valence-electron chi connectivity index (χ0n) is 20.6. The molecule has 4 rings (SSSR count). The number of nitrogens with one attached hydrogen (secondary N) is 2. The molecule has 2 aromatic heterocycles. The number of pyridine rings is 2. The van der Waals surface area contributed by atoms with E-state index >= 15 is 0 Å². The number of nitriles is 1. The van der Waals surface area contributed by atoms with E-state index in [4.69, 9.17) is 9.47 Å². The quantitative estimate of drug-likeness (QED) is 0.487. The van der Waals surface area contributed by atoms with Crippen molar-refractivity contribution in [2.45, 2.75) is 51.0 Å². The van der Waals surface area contributed by atoms with E-state index in [1.807, 2.05) is 24.3 Å². The van der Waals surface area contributed by atoms with Crippen LogP contribution in [-0.4, -0.2) is 56.0 Å². The van der Waals surface area contributed by atoms with E-state index in [1.54, 1.807) is 7.11 Å². The van der Waals surface area contributed by atoms with Gasteiger partial charge in [0.1, 0.15) is 5.82 Å². The van der Waals surface area contributed by atoms with Gasteiger partial charge in [-0.05, 0) is 69.1 Å². The van der Waals surface area contributed by atoms with Crippen LogP contribution in [0, 0.1) is 28.5 Å². The van der Waals surface area contributed by atoms with Crippen LogP contribution in [0.2, 0.25) is 0 Å². The normalized spacial score (nSPS) is 21.9. The van der Waals surface area contributed by atoms with E-state index in [0.717, 1.165) is 50.9 Å². The van der Waals surface area contributed by atoms with Gasteiger partial charge in [-0.15, -0.1) is 0 Å². The lowest BCUT2D eigenvalue weighted by Crippen LogP contribution is -2.35. The van der Waals surface area contributed by atoms with Gasteiger partial charge in [0.25, 0.3) is 0 Å². The third-order valence-electron chi connectivity index (χ3n) is 7.32. The van der Waals surface area contributed by atoms with Gasteiger partial charge in [-0.1, -0.05) is 6.07 Å². The van der Waals surface area contributed by atoms with Gasteiger partial charge in [0.15, 0.2) is 5.82 Å². The first-order valence-corrected chi connectivity index (χ1v) is 12.7. The van der Waals surface area contributed by atoms with E-state index in [9.17, 15) is 9.65 Å². The molecule has 2 N–H and O–H groups in total. The lowest BCUT2D eigenvalue weighted by atomic mass is 9.82. The van der Waals surface area contributed by atoms with E-state index < -0.39 is 5.41 Å². The molecule has 3 heterocycles. The molecule has 0 aromatic carbocycles. The van der Waals surface area contributed by atoms with Crippen molar-refractivity contribution in [3.63, 3.8) is 0 Å². The molecule has 2 aliphatic rings. The van der Waals surface area contributed by atoms with Gasteiger partial charge >= 0.3 is 0 Å². The molecule has 1 aliphatic heterocycles. The van der Waals surface area contributed by atoms with Gasteiger partial charge in [-0.3, -0.25) is 4.98 Å². The summed E-state index contributed by atoms with van der Waals surface area (Å²) in [5.41, 5.74) is 1.49. The molecule has 0 bridgehead atoms. The number of methoxy groups -OCH3 is 1. The van der Waals surface area contributed by atoms with E-state index in [0.29, 0.717) is 61.6 Å². The highest BCUT2D eigenvalue weighted by molar-refractivity contribution is 5.62.